The average molecular weight is 603 g/mol. The van der Waals surface area contributed by atoms with Gasteiger partial charge in [-0.15, -0.1) is 11.3 Å². The molecule has 2 aromatic carbocycles. The van der Waals surface area contributed by atoms with Crippen LogP contribution in [0.4, 0.5) is 17.3 Å². The first-order valence-corrected chi connectivity index (χ1v) is 15.9. The van der Waals surface area contributed by atoms with E-state index in [1.165, 1.54) is 12.8 Å². The Morgan fingerprint density at radius 3 is 2.74 bits per heavy atom. The Morgan fingerprint density at radius 1 is 1.10 bits per heavy atom. The molecule has 0 spiro atoms. The van der Waals surface area contributed by atoms with E-state index in [4.69, 9.17) is 26.3 Å². The molecule has 1 aliphatic heterocycles. The van der Waals surface area contributed by atoms with E-state index in [2.05, 4.69) is 27.4 Å². The van der Waals surface area contributed by atoms with Crippen LogP contribution >= 0.6 is 22.9 Å². The Labute approximate surface area is 255 Å². The largest absolute Gasteiger partial charge is 0.491 e. The van der Waals surface area contributed by atoms with Crippen molar-refractivity contribution < 1.29 is 9.53 Å². The van der Waals surface area contributed by atoms with E-state index in [1.54, 1.807) is 17.5 Å². The number of nitrogens with zero attached hydrogens (tertiary/aromatic N) is 4. The summed E-state index contributed by atoms with van der Waals surface area (Å²) in [6.07, 6.45) is 8.10. The fourth-order valence-electron chi connectivity index (χ4n) is 5.05. The highest BCUT2D eigenvalue weighted by Gasteiger charge is 2.29. The predicted molar refractivity (Wildman–Crippen MR) is 170 cm³/mol. The van der Waals surface area contributed by atoms with Crippen molar-refractivity contribution >= 4 is 46.2 Å². The van der Waals surface area contributed by atoms with Gasteiger partial charge in [0.25, 0.3) is 0 Å². The molecule has 0 unspecified atom stereocenters. The number of hydrogen-bond donors (Lipinski definition) is 2. The molecule has 1 aliphatic carbocycles. The van der Waals surface area contributed by atoms with E-state index in [9.17, 15) is 4.79 Å². The quantitative estimate of drug-likeness (QED) is 0.174. The van der Waals surface area contributed by atoms with Crippen LogP contribution in [-0.2, 0) is 11.2 Å². The van der Waals surface area contributed by atoms with E-state index < -0.39 is 0 Å². The Kier molecular flexibility index (Phi) is 8.98. The van der Waals surface area contributed by atoms with E-state index >= 15 is 0 Å². The van der Waals surface area contributed by atoms with Crippen molar-refractivity contribution in [2.45, 2.75) is 45.4 Å². The lowest BCUT2D eigenvalue weighted by molar-refractivity contribution is -0.117. The second kappa shape index (κ2) is 13.2. The summed E-state index contributed by atoms with van der Waals surface area (Å²) in [4.78, 5) is 30.0. The first kappa shape index (κ1) is 28.6. The third kappa shape index (κ3) is 7.09. The van der Waals surface area contributed by atoms with Gasteiger partial charge in [-0.2, -0.15) is 0 Å². The van der Waals surface area contributed by atoms with Crippen LogP contribution < -0.4 is 15.4 Å². The molecule has 2 N–H and O–H groups in total. The summed E-state index contributed by atoms with van der Waals surface area (Å²) in [6.45, 7) is 5.97. The average Bonchev–Trinajstić information content (AvgIpc) is 3.56. The molecular weight excluding hydrogens is 568 g/mol. The van der Waals surface area contributed by atoms with E-state index in [1.807, 2.05) is 48.5 Å². The lowest BCUT2D eigenvalue weighted by atomic mass is 10.1. The maximum absolute atomic E-state index is 12.4. The molecule has 0 radical (unpaired) electrons. The molecule has 4 aromatic rings. The summed E-state index contributed by atoms with van der Waals surface area (Å²) >= 11 is 8.20. The zero-order valence-electron chi connectivity index (χ0n) is 23.7. The number of carbonyl (C=O) groups is 1. The summed E-state index contributed by atoms with van der Waals surface area (Å²) in [5.74, 6) is 1.37. The fourth-order valence-corrected chi connectivity index (χ4v) is 6.44. The maximum Gasteiger partial charge on any atom is 0.227 e. The predicted octanol–water partition coefficient (Wildman–Crippen LogP) is 7.44. The highest BCUT2D eigenvalue weighted by molar-refractivity contribution is 7.15. The van der Waals surface area contributed by atoms with Gasteiger partial charge in [0.15, 0.2) is 0 Å². The second-order valence-corrected chi connectivity index (χ2v) is 12.3. The maximum atomic E-state index is 12.4. The normalized spacial score (nSPS) is 15.1. The molecule has 42 heavy (non-hydrogen) atoms. The van der Waals surface area contributed by atoms with Crippen molar-refractivity contribution in [3.8, 4) is 27.6 Å². The van der Waals surface area contributed by atoms with Crippen molar-refractivity contribution in [2.24, 2.45) is 5.92 Å². The van der Waals surface area contributed by atoms with Crippen LogP contribution in [0.5, 0.6) is 5.75 Å². The number of thiazole rings is 1. The van der Waals surface area contributed by atoms with Crippen LogP contribution in [0.25, 0.3) is 21.8 Å². The molecule has 0 atom stereocenters. The Morgan fingerprint density at radius 2 is 1.95 bits per heavy atom. The molecule has 0 bridgehead atoms. The minimum absolute atomic E-state index is 0.0885. The second-order valence-electron chi connectivity index (χ2n) is 10.8. The standard InChI is InChI=1S/C32H35ClN6O2S/c1-2-6-28-38-29(22-7-5-8-23(19-22)35-31(40)21-9-10-21)30(42-28)26-13-14-34-32(37-26)36-24-11-12-27(25(33)20-24)41-18-17-39-15-3-4-16-39/h5,7-8,11-14,19-21H,2-4,6,9-10,15-18H2,1H3,(H,35,40)(H,34,36,37). The van der Waals surface area contributed by atoms with Crippen molar-refractivity contribution in [2.75, 3.05) is 36.9 Å². The number of halogens is 1. The number of anilines is 3. The van der Waals surface area contributed by atoms with Crippen LogP contribution in [0.1, 0.15) is 44.0 Å². The molecule has 1 amide bonds. The van der Waals surface area contributed by atoms with E-state index in [0.29, 0.717) is 23.3 Å². The summed E-state index contributed by atoms with van der Waals surface area (Å²) in [7, 11) is 0. The number of carbonyl (C=O) groups excluding carboxylic acids is 1. The van der Waals surface area contributed by atoms with Crippen molar-refractivity contribution in [3.05, 3.63) is 64.8 Å². The lowest BCUT2D eigenvalue weighted by Gasteiger charge is -2.16. The number of likely N-dealkylation sites (tertiary alicyclic amines) is 1. The molecule has 8 nitrogen and oxygen atoms in total. The molecule has 1 saturated carbocycles. The van der Waals surface area contributed by atoms with Gasteiger partial charge in [-0.1, -0.05) is 30.7 Å². The minimum atomic E-state index is 0.0885. The SMILES string of the molecule is CCCc1nc(-c2cccc(NC(=O)C3CC3)c2)c(-c2ccnc(Nc3ccc(OCCN4CCCC4)c(Cl)c3)n2)s1. The van der Waals surface area contributed by atoms with Crippen molar-refractivity contribution in [1.82, 2.24) is 19.9 Å². The highest BCUT2D eigenvalue weighted by Crippen LogP contribution is 2.38. The molecule has 2 aliphatic rings. The molecule has 1 saturated heterocycles. The van der Waals surface area contributed by atoms with Crippen LogP contribution in [0.2, 0.25) is 5.02 Å². The summed E-state index contributed by atoms with van der Waals surface area (Å²) < 4.78 is 5.94. The summed E-state index contributed by atoms with van der Waals surface area (Å²) in [5, 5.41) is 7.93. The molecule has 218 valence electrons. The summed E-state index contributed by atoms with van der Waals surface area (Å²) in [6, 6.07) is 15.4. The van der Waals surface area contributed by atoms with Gasteiger partial charge in [-0.25, -0.2) is 15.0 Å². The highest BCUT2D eigenvalue weighted by atomic mass is 35.5. The number of aromatic nitrogens is 3. The number of benzene rings is 2. The number of ether oxygens (including phenoxy) is 1. The molecular formula is C32H35ClN6O2S. The lowest BCUT2D eigenvalue weighted by Crippen LogP contribution is -2.25. The van der Waals surface area contributed by atoms with Gasteiger partial charge in [0.1, 0.15) is 12.4 Å². The number of amides is 1. The van der Waals surface area contributed by atoms with Gasteiger partial charge in [0, 0.05) is 35.6 Å². The van der Waals surface area contributed by atoms with Gasteiger partial charge in [-0.3, -0.25) is 9.69 Å². The Hall–Kier alpha value is -3.53. The summed E-state index contributed by atoms with van der Waals surface area (Å²) in [5.41, 5.74) is 4.14. The van der Waals surface area contributed by atoms with Gasteiger partial charge in [-0.05, 0) is 88.0 Å². The van der Waals surface area contributed by atoms with Crippen LogP contribution in [0, 0.1) is 5.92 Å². The Balaban J connectivity index is 1.19. The first-order chi connectivity index (χ1) is 20.6. The van der Waals surface area contributed by atoms with Gasteiger partial charge >= 0.3 is 0 Å². The number of hydrogen-bond acceptors (Lipinski definition) is 8. The molecule has 10 heteroatoms. The van der Waals surface area contributed by atoms with E-state index in [-0.39, 0.29) is 11.8 Å². The van der Waals surface area contributed by atoms with Gasteiger partial charge in [0.05, 0.1) is 26.3 Å². The third-order valence-electron chi connectivity index (χ3n) is 7.43. The first-order valence-electron chi connectivity index (χ1n) is 14.7. The Bertz CT molecular complexity index is 1550. The van der Waals surface area contributed by atoms with Gasteiger partial charge in [0.2, 0.25) is 11.9 Å². The van der Waals surface area contributed by atoms with Crippen LogP contribution in [0.3, 0.4) is 0 Å². The fraction of sp³-hybridized carbons (Fsp3) is 0.375. The van der Waals surface area contributed by atoms with Crippen LogP contribution in [0.15, 0.2) is 54.7 Å². The molecule has 6 rings (SSSR count). The minimum Gasteiger partial charge on any atom is -0.491 e. The van der Waals surface area contributed by atoms with Gasteiger partial charge < -0.3 is 15.4 Å². The monoisotopic (exact) mass is 602 g/mol. The molecule has 3 heterocycles. The molecule has 2 aromatic heterocycles. The zero-order valence-corrected chi connectivity index (χ0v) is 25.3. The van der Waals surface area contributed by atoms with E-state index in [0.717, 1.165) is 83.5 Å². The smallest absolute Gasteiger partial charge is 0.227 e. The number of rotatable bonds is 12. The van der Waals surface area contributed by atoms with Crippen molar-refractivity contribution in [3.63, 3.8) is 0 Å². The molecule has 2 fully saturated rings. The van der Waals surface area contributed by atoms with Crippen molar-refractivity contribution in [1.29, 1.82) is 0 Å². The topological polar surface area (TPSA) is 92.3 Å². The third-order valence-corrected chi connectivity index (χ3v) is 8.86. The number of nitrogens with one attached hydrogen (secondary N) is 2. The number of aryl methyl sites for hydroxylation is 1. The zero-order chi connectivity index (χ0) is 28.9. The van der Waals surface area contributed by atoms with Crippen LogP contribution in [-0.4, -0.2) is 52.0 Å².